The number of anilines is 1. The molecule has 1 aliphatic heterocycles. The van der Waals surface area contributed by atoms with Crippen LogP contribution in [0.5, 0.6) is 0 Å². The molecule has 0 spiro atoms. The zero-order chi connectivity index (χ0) is 13.3. The van der Waals surface area contributed by atoms with Gasteiger partial charge in [0.15, 0.2) is 5.69 Å². The Labute approximate surface area is 112 Å². The zero-order valence-electron chi connectivity index (χ0n) is 10.6. The summed E-state index contributed by atoms with van der Waals surface area (Å²) in [5, 5.41) is 9.23. The summed E-state index contributed by atoms with van der Waals surface area (Å²) in [5.41, 5.74) is -0.0698. The molecule has 0 amide bonds. The van der Waals surface area contributed by atoms with Crippen LogP contribution in [0.4, 0.5) is 5.82 Å². The minimum Gasteiger partial charge on any atom is -0.476 e. The summed E-state index contributed by atoms with van der Waals surface area (Å²) in [6.45, 7) is 5.25. The topological polar surface area (TPSA) is 53.4 Å². The first-order chi connectivity index (χ1) is 8.49. The number of carboxylic acid groups (broad SMARTS) is 1. The Bertz CT molecular complexity index is 464. The smallest absolute Gasteiger partial charge is 0.356 e. The van der Waals surface area contributed by atoms with Crippen LogP contribution in [0.2, 0.25) is 5.02 Å². The fraction of sp³-hybridized carbons (Fsp3) is 0.538. The van der Waals surface area contributed by atoms with Gasteiger partial charge in [-0.05, 0) is 37.8 Å². The monoisotopic (exact) mass is 268 g/mol. The van der Waals surface area contributed by atoms with Crippen molar-refractivity contribution in [2.75, 3.05) is 11.4 Å². The summed E-state index contributed by atoms with van der Waals surface area (Å²) in [7, 11) is 0. The Kier molecular flexibility index (Phi) is 3.76. The van der Waals surface area contributed by atoms with Gasteiger partial charge in [-0.3, -0.25) is 0 Å². The van der Waals surface area contributed by atoms with Crippen LogP contribution in [-0.4, -0.2) is 28.6 Å². The van der Waals surface area contributed by atoms with Crippen molar-refractivity contribution >= 4 is 23.4 Å². The van der Waals surface area contributed by atoms with E-state index in [1.54, 1.807) is 12.1 Å². The summed E-state index contributed by atoms with van der Waals surface area (Å²) >= 11 is 5.83. The van der Waals surface area contributed by atoms with Gasteiger partial charge in [0, 0.05) is 12.6 Å². The van der Waals surface area contributed by atoms with Gasteiger partial charge in [0.05, 0.1) is 5.02 Å². The number of carbonyl (C=O) groups is 1. The van der Waals surface area contributed by atoms with Crippen LogP contribution in [0.3, 0.4) is 0 Å². The number of halogens is 1. The maximum absolute atomic E-state index is 11.0. The number of hydrogen-bond acceptors (Lipinski definition) is 3. The van der Waals surface area contributed by atoms with E-state index < -0.39 is 5.97 Å². The lowest BCUT2D eigenvalue weighted by atomic mass is 9.95. The van der Waals surface area contributed by atoms with Gasteiger partial charge in [-0.2, -0.15) is 0 Å². The highest BCUT2D eigenvalue weighted by atomic mass is 35.5. The van der Waals surface area contributed by atoms with E-state index in [1.165, 1.54) is 6.42 Å². The molecule has 2 atom stereocenters. The molecule has 2 heterocycles. The van der Waals surface area contributed by atoms with Crippen molar-refractivity contribution < 1.29 is 9.90 Å². The first-order valence-corrected chi connectivity index (χ1v) is 6.53. The van der Waals surface area contributed by atoms with E-state index in [-0.39, 0.29) is 10.7 Å². The normalized spacial score (nSPS) is 24.1. The number of aromatic nitrogens is 1. The number of aromatic carboxylic acids is 1. The Morgan fingerprint density at radius 1 is 1.44 bits per heavy atom. The highest BCUT2D eigenvalue weighted by Gasteiger charge is 2.25. The van der Waals surface area contributed by atoms with Gasteiger partial charge in [0.1, 0.15) is 5.82 Å². The maximum atomic E-state index is 11.0. The quantitative estimate of drug-likeness (QED) is 0.896. The van der Waals surface area contributed by atoms with Crippen LogP contribution in [0, 0.1) is 5.92 Å². The van der Waals surface area contributed by atoms with Gasteiger partial charge < -0.3 is 10.0 Å². The number of pyridine rings is 1. The Hall–Kier alpha value is -1.29. The SMILES string of the molecule is CC1CCC(C)N(c2ccc(Cl)c(C(=O)O)n2)C1. The van der Waals surface area contributed by atoms with E-state index >= 15 is 0 Å². The van der Waals surface area contributed by atoms with Crippen molar-refractivity contribution in [2.45, 2.75) is 32.7 Å². The van der Waals surface area contributed by atoms with Crippen molar-refractivity contribution in [3.8, 4) is 0 Å². The minimum atomic E-state index is -1.08. The first-order valence-electron chi connectivity index (χ1n) is 6.15. The average Bonchev–Trinajstić information content (AvgIpc) is 2.33. The molecule has 0 aliphatic carbocycles. The van der Waals surface area contributed by atoms with Crippen LogP contribution in [0.25, 0.3) is 0 Å². The van der Waals surface area contributed by atoms with E-state index in [0.717, 1.165) is 13.0 Å². The minimum absolute atomic E-state index is 0.0698. The van der Waals surface area contributed by atoms with Gasteiger partial charge in [0.2, 0.25) is 0 Å². The average molecular weight is 269 g/mol. The molecule has 0 saturated carbocycles. The van der Waals surface area contributed by atoms with Crippen molar-refractivity contribution in [3.05, 3.63) is 22.8 Å². The zero-order valence-corrected chi connectivity index (χ0v) is 11.3. The lowest BCUT2D eigenvalue weighted by molar-refractivity contribution is 0.0690. The molecule has 5 heteroatoms. The third-order valence-electron chi connectivity index (χ3n) is 3.45. The lowest BCUT2D eigenvalue weighted by Crippen LogP contribution is -2.41. The van der Waals surface area contributed by atoms with E-state index in [4.69, 9.17) is 16.7 Å². The molecule has 0 bridgehead atoms. The van der Waals surface area contributed by atoms with Crippen LogP contribution >= 0.6 is 11.6 Å². The molecule has 4 nitrogen and oxygen atoms in total. The molecule has 0 radical (unpaired) electrons. The van der Waals surface area contributed by atoms with Gasteiger partial charge in [0.25, 0.3) is 0 Å². The Morgan fingerprint density at radius 2 is 2.17 bits per heavy atom. The maximum Gasteiger partial charge on any atom is 0.356 e. The summed E-state index contributed by atoms with van der Waals surface area (Å²) in [5.74, 6) is 0.224. The second-order valence-electron chi connectivity index (χ2n) is 4.99. The van der Waals surface area contributed by atoms with E-state index in [0.29, 0.717) is 17.8 Å². The number of piperidine rings is 1. The molecule has 1 fully saturated rings. The molecular weight excluding hydrogens is 252 g/mol. The van der Waals surface area contributed by atoms with Gasteiger partial charge in [-0.25, -0.2) is 9.78 Å². The molecule has 1 aromatic rings. The number of carboxylic acids is 1. The van der Waals surface area contributed by atoms with Crippen LogP contribution in [-0.2, 0) is 0 Å². The lowest BCUT2D eigenvalue weighted by Gasteiger charge is -2.37. The fourth-order valence-electron chi connectivity index (χ4n) is 2.35. The molecule has 18 heavy (non-hydrogen) atoms. The first kappa shape index (κ1) is 13.1. The second-order valence-corrected chi connectivity index (χ2v) is 5.40. The molecule has 1 saturated heterocycles. The van der Waals surface area contributed by atoms with E-state index in [1.807, 2.05) is 0 Å². The van der Waals surface area contributed by atoms with Crippen molar-refractivity contribution in [1.82, 2.24) is 4.98 Å². The summed E-state index contributed by atoms with van der Waals surface area (Å²) in [4.78, 5) is 17.4. The predicted molar refractivity (Wildman–Crippen MR) is 71.4 cm³/mol. The van der Waals surface area contributed by atoms with Gasteiger partial charge in [-0.1, -0.05) is 18.5 Å². The predicted octanol–water partition coefficient (Wildman–Crippen LogP) is 3.06. The van der Waals surface area contributed by atoms with Crippen LogP contribution in [0.15, 0.2) is 12.1 Å². The molecular formula is C13H17ClN2O2. The third-order valence-corrected chi connectivity index (χ3v) is 3.75. The van der Waals surface area contributed by atoms with Gasteiger partial charge in [-0.15, -0.1) is 0 Å². The standard InChI is InChI=1S/C13H17ClN2O2/c1-8-3-4-9(2)16(7-8)11-6-5-10(14)12(15-11)13(17)18/h5-6,8-9H,3-4,7H2,1-2H3,(H,17,18). The molecule has 2 unspecified atom stereocenters. The highest BCUT2D eigenvalue weighted by molar-refractivity contribution is 6.33. The molecule has 0 aromatic carbocycles. The number of hydrogen-bond donors (Lipinski definition) is 1. The molecule has 98 valence electrons. The largest absolute Gasteiger partial charge is 0.476 e. The van der Waals surface area contributed by atoms with Crippen LogP contribution < -0.4 is 4.90 Å². The highest BCUT2D eigenvalue weighted by Crippen LogP contribution is 2.27. The molecule has 2 rings (SSSR count). The van der Waals surface area contributed by atoms with Gasteiger partial charge >= 0.3 is 5.97 Å². The third kappa shape index (κ3) is 2.58. The number of rotatable bonds is 2. The van der Waals surface area contributed by atoms with Crippen molar-refractivity contribution in [2.24, 2.45) is 5.92 Å². The molecule has 1 aromatic heterocycles. The van der Waals surface area contributed by atoms with Crippen LogP contribution in [0.1, 0.15) is 37.2 Å². The van der Waals surface area contributed by atoms with Crippen molar-refractivity contribution in [3.63, 3.8) is 0 Å². The molecule has 1 N–H and O–H groups in total. The number of nitrogens with zero attached hydrogens (tertiary/aromatic N) is 2. The fourth-order valence-corrected chi connectivity index (χ4v) is 2.54. The van der Waals surface area contributed by atoms with E-state index in [2.05, 4.69) is 23.7 Å². The van der Waals surface area contributed by atoms with Crippen molar-refractivity contribution in [1.29, 1.82) is 0 Å². The summed E-state index contributed by atoms with van der Waals surface area (Å²) < 4.78 is 0. The summed E-state index contributed by atoms with van der Waals surface area (Å²) in [6, 6.07) is 3.79. The van der Waals surface area contributed by atoms with E-state index in [9.17, 15) is 4.79 Å². The summed E-state index contributed by atoms with van der Waals surface area (Å²) in [6.07, 6.45) is 2.31. The molecule has 1 aliphatic rings. The second kappa shape index (κ2) is 5.14. The Balaban J connectivity index is 2.32. The Morgan fingerprint density at radius 3 is 2.83 bits per heavy atom.